The minimum absolute atomic E-state index is 0. The van der Waals surface area contributed by atoms with E-state index in [0.29, 0.717) is 0 Å². The Labute approximate surface area is 86.2 Å². The number of aromatic amines is 1. The van der Waals surface area contributed by atoms with Crippen molar-refractivity contribution in [2.75, 3.05) is 0 Å². The SMILES string of the molecule is F[P-](F)(F)(F)(F)F.[H+].c1ccc2n[nH]nc2c1. The summed E-state index contributed by atoms with van der Waals surface area (Å²) in [6.45, 7) is 0. The van der Waals surface area contributed by atoms with Gasteiger partial charge in [0, 0.05) is 0 Å². The van der Waals surface area contributed by atoms with Gasteiger partial charge >= 0.3 is 34.4 Å². The Morgan fingerprint density at radius 1 is 0.875 bits per heavy atom. The Morgan fingerprint density at radius 3 is 1.50 bits per heavy atom. The van der Waals surface area contributed by atoms with Crippen molar-refractivity contribution in [3.8, 4) is 0 Å². The second-order valence-corrected chi connectivity index (χ2v) is 4.69. The molecule has 0 spiro atoms. The van der Waals surface area contributed by atoms with E-state index in [1.807, 2.05) is 24.3 Å². The molecule has 1 N–H and O–H groups in total. The van der Waals surface area contributed by atoms with Gasteiger partial charge in [0.15, 0.2) is 0 Å². The molecule has 0 fully saturated rings. The van der Waals surface area contributed by atoms with Gasteiger partial charge in [-0.15, -0.1) is 0 Å². The fourth-order valence-corrected chi connectivity index (χ4v) is 0.786. The summed E-state index contributed by atoms with van der Waals surface area (Å²) in [6.07, 6.45) is 0. The second kappa shape index (κ2) is 3.07. The third-order valence-corrected chi connectivity index (χ3v) is 1.22. The van der Waals surface area contributed by atoms with Crippen molar-refractivity contribution < 1.29 is 26.6 Å². The van der Waals surface area contributed by atoms with Crippen LogP contribution in [0.4, 0.5) is 25.2 Å². The molecule has 1 aromatic heterocycles. The third-order valence-electron chi connectivity index (χ3n) is 1.22. The Kier molecular flexibility index (Phi) is 2.43. The zero-order chi connectivity index (χ0) is 12.5. The first kappa shape index (κ1) is 12.7. The normalized spacial score (nSPS) is 15.9. The molecule has 0 saturated carbocycles. The van der Waals surface area contributed by atoms with Gasteiger partial charge in [-0.25, -0.2) is 0 Å². The number of hydrogen-bond donors (Lipinski definition) is 1. The summed E-state index contributed by atoms with van der Waals surface area (Å²) in [6, 6.07) is 7.70. The molecule has 1 heterocycles. The van der Waals surface area contributed by atoms with Crippen LogP contribution < -0.4 is 0 Å². The summed E-state index contributed by atoms with van der Waals surface area (Å²) in [5.41, 5.74) is 1.83. The fourth-order valence-electron chi connectivity index (χ4n) is 0.786. The average molecular weight is 265 g/mol. The van der Waals surface area contributed by atoms with E-state index in [9.17, 15) is 25.2 Å². The van der Waals surface area contributed by atoms with E-state index < -0.39 is 7.81 Å². The first-order valence-electron chi connectivity index (χ1n) is 3.74. The molecule has 1 aromatic carbocycles. The number of fused-ring (bicyclic) bond motifs is 1. The molecular formula is C6H6F6N3P. The Hall–Kier alpha value is -1.37. The van der Waals surface area contributed by atoms with Gasteiger partial charge in [-0.05, 0) is 12.1 Å². The molecule has 0 atom stereocenters. The smallest absolute Gasteiger partial charge is 0.197 e. The van der Waals surface area contributed by atoms with E-state index in [1.54, 1.807) is 0 Å². The first-order valence-corrected chi connectivity index (χ1v) is 5.76. The van der Waals surface area contributed by atoms with E-state index in [2.05, 4.69) is 15.4 Å². The number of benzene rings is 1. The summed E-state index contributed by atoms with van der Waals surface area (Å²) in [5, 5.41) is 10.3. The fraction of sp³-hybridized carbons (Fsp3) is 0. The minimum atomic E-state index is -10.7. The van der Waals surface area contributed by atoms with Gasteiger partial charge in [-0.3, -0.25) is 0 Å². The summed E-state index contributed by atoms with van der Waals surface area (Å²) in [7, 11) is -10.7. The molecule has 0 unspecified atom stereocenters. The maximum Gasteiger partial charge on any atom is 1.00 e. The molecule has 0 bridgehead atoms. The summed E-state index contributed by atoms with van der Waals surface area (Å²) in [5.74, 6) is 0. The predicted molar refractivity (Wildman–Crippen MR) is 48.6 cm³/mol. The van der Waals surface area contributed by atoms with Crippen LogP contribution in [0.5, 0.6) is 0 Å². The summed E-state index contributed by atoms with van der Waals surface area (Å²) < 4.78 is 59.2. The summed E-state index contributed by atoms with van der Waals surface area (Å²) >= 11 is 0. The van der Waals surface area contributed by atoms with Gasteiger partial charge in [-0.1, -0.05) is 12.1 Å². The Bertz CT molecular complexity index is 452. The molecule has 92 valence electrons. The first-order chi connectivity index (χ1) is 6.92. The van der Waals surface area contributed by atoms with Crippen molar-refractivity contribution in [3.63, 3.8) is 0 Å². The number of H-pyrrole nitrogens is 1. The second-order valence-electron chi connectivity index (χ2n) is 2.77. The maximum absolute atomic E-state index is 10.7. The van der Waals surface area contributed by atoms with Crippen molar-refractivity contribution in [1.29, 1.82) is 0 Å². The maximum atomic E-state index is 9.87. The number of nitrogens with one attached hydrogen (secondary N) is 1. The largest absolute Gasteiger partial charge is 1.00 e. The molecule has 0 amide bonds. The molecule has 2 aromatic rings. The predicted octanol–water partition coefficient (Wildman–Crippen LogP) is 4.45. The number of para-hydroxylation sites is 2. The van der Waals surface area contributed by atoms with Crippen LogP contribution in [-0.2, 0) is 0 Å². The average Bonchev–Trinajstić information content (AvgIpc) is 2.44. The molecular weight excluding hydrogens is 259 g/mol. The van der Waals surface area contributed by atoms with Gasteiger partial charge in [0.25, 0.3) is 0 Å². The number of nitrogens with zero attached hydrogens (tertiary/aromatic N) is 2. The van der Waals surface area contributed by atoms with Crippen LogP contribution in [0.3, 0.4) is 0 Å². The van der Waals surface area contributed by atoms with Crippen molar-refractivity contribution in [2.24, 2.45) is 0 Å². The van der Waals surface area contributed by atoms with Crippen molar-refractivity contribution >= 4 is 18.8 Å². The molecule has 0 aliphatic heterocycles. The molecule has 0 aliphatic carbocycles. The van der Waals surface area contributed by atoms with E-state index in [4.69, 9.17) is 0 Å². The van der Waals surface area contributed by atoms with Crippen LogP contribution in [0.1, 0.15) is 1.43 Å². The van der Waals surface area contributed by atoms with Gasteiger partial charge in [-0.2, -0.15) is 15.4 Å². The molecule has 10 heteroatoms. The van der Waals surface area contributed by atoms with Crippen LogP contribution in [0.25, 0.3) is 11.0 Å². The van der Waals surface area contributed by atoms with Crippen LogP contribution in [0, 0.1) is 0 Å². The quantitative estimate of drug-likeness (QED) is 0.564. The zero-order valence-electron chi connectivity index (χ0n) is 8.42. The topological polar surface area (TPSA) is 41.6 Å². The Morgan fingerprint density at radius 2 is 1.19 bits per heavy atom. The Balaban J connectivity index is 0.000000296. The third kappa shape index (κ3) is 6.99. The zero-order valence-corrected chi connectivity index (χ0v) is 8.31. The van der Waals surface area contributed by atoms with E-state index >= 15 is 0 Å². The number of aromatic nitrogens is 3. The number of halogens is 6. The van der Waals surface area contributed by atoms with Gasteiger partial charge in [0.2, 0.25) is 0 Å². The molecule has 16 heavy (non-hydrogen) atoms. The van der Waals surface area contributed by atoms with E-state index in [0.717, 1.165) is 11.0 Å². The van der Waals surface area contributed by atoms with Crippen molar-refractivity contribution in [3.05, 3.63) is 24.3 Å². The standard InChI is InChI=1S/C6H5N3.F6P/c1-2-4-6-5(3-1)7-9-8-6;1-7(2,3,4,5)6/h1-4H,(H,7,8,9);/q;-1/p+1. The van der Waals surface area contributed by atoms with Crippen LogP contribution in [-0.4, -0.2) is 15.4 Å². The van der Waals surface area contributed by atoms with Crippen LogP contribution >= 0.6 is 7.81 Å². The van der Waals surface area contributed by atoms with Gasteiger partial charge < -0.3 is 0 Å². The van der Waals surface area contributed by atoms with Gasteiger partial charge in [0.1, 0.15) is 11.0 Å². The monoisotopic (exact) mass is 265 g/mol. The molecule has 0 radical (unpaired) electrons. The van der Waals surface area contributed by atoms with E-state index in [-0.39, 0.29) is 1.43 Å². The van der Waals surface area contributed by atoms with Gasteiger partial charge in [0.05, 0.1) is 0 Å². The molecule has 0 saturated heterocycles. The number of hydrogen-bond acceptors (Lipinski definition) is 2. The van der Waals surface area contributed by atoms with Crippen LogP contribution in [0.2, 0.25) is 0 Å². The number of rotatable bonds is 0. The molecule has 3 nitrogen and oxygen atoms in total. The summed E-state index contributed by atoms with van der Waals surface area (Å²) in [4.78, 5) is 0. The van der Waals surface area contributed by atoms with E-state index in [1.165, 1.54) is 0 Å². The molecule has 0 aliphatic rings. The molecule has 2 rings (SSSR count). The van der Waals surface area contributed by atoms with Crippen molar-refractivity contribution in [2.45, 2.75) is 0 Å². The minimum Gasteiger partial charge on any atom is -0.197 e. The van der Waals surface area contributed by atoms with Crippen molar-refractivity contribution in [1.82, 2.24) is 15.4 Å². The van der Waals surface area contributed by atoms with Crippen LogP contribution in [0.15, 0.2) is 24.3 Å².